The van der Waals surface area contributed by atoms with Crippen molar-refractivity contribution < 1.29 is 5.11 Å². The maximum Gasteiger partial charge on any atom is 0.0558 e. The summed E-state index contributed by atoms with van der Waals surface area (Å²) < 4.78 is 0. The van der Waals surface area contributed by atoms with Crippen LogP contribution in [0.3, 0.4) is 0 Å². The largest absolute Gasteiger partial charge is 0.395 e. The molecule has 0 saturated heterocycles. The van der Waals surface area contributed by atoms with E-state index in [9.17, 15) is 0 Å². The highest BCUT2D eigenvalue weighted by Crippen LogP contribution is 2.04. The van der Waals surface area contributed by atoms with Gasteiger partial charge in [-0.3, -0.25) is 4.90 Å². The summed E-state index contributed by atoms with van der Waals surface area (Å²) in [6.45, 7) is 8.70. The average Bonchev–Trinajstić information content (AvgIpc) is 2.00. The molecule has 0 amide bonds. The van der Waals surface area contributed by atoms with Gasteiger partial charge in [0, 0.05) is 12.6 Å². The molecule has 0 saturated carbocycles. The molecule has 1 atom stereocenters. The van der Waals surface area contributed by atoms with Gasteiger partial charge in [0.05, 0.1) is 6.61 Å². The first-order valence-corrected chi connectivity index (χ1v) is 4.61. The minimum Gasteiger partial charge on any atom is -0.395 e. The van der Waals surface area contributed by atoms with Gasteiger partial charge in [0.1, 0.15) is 0 Å². The molecule has 0 fully saturated rings. The number of hydrogen-bond donors (Lipinski definition) is 1. The second-order valence-electron chi connectivity index (χ2n) is 2.99. The van der Waals surface area contributed by atoms with Crippen molar-refractivity contribution in [1.29, 1.82) is 0 Å². The fourth-order valence-electron chi connectivity index (χ4n) is 1.42. The molecule has 0 aromatic carbocycles. The van der Waals surface area contributed by atoms with E-state index < -0.39 is 0 Å². The van der Waals surface area contributed by atoms with E-state index in [-0.39, 0.29) is 6.61 Å². The molecule has 0 rings (SSSR count). The average molecular weight is 159 g/mol. The van der Waals surface area contributed by atoms with Gasteiger partial charge in [0.2, 0.25) is 0 Å². The van der Waals surface area contributed by atoms with Crippen LogP contribution in [0.15, 0.2) is 0 Å². The van der Waals surface area contributed by atoms with E-state index in [2.05, 4.69) is 25.7 Å². The third kappa shape index (κ3) is 4.38. The molecule has 68 valence electrons. The number of aliphatic hydroxyl groups excluding tert-OH is 1. The number of nitrogens with zero attached hydrogens (tertiary/aromatic N) is 1. The van der Waals surface area contributed by atoms with Gasteiger partial charge < -0.3 is 5.11 Å². The molecule has 0 aliphatic heterocycles. The van der Waals surface area contributed by atoms with Crippen LogP contribution in [0.4, 0.5) is 0 Å². The highest BCUT2D eigenvalue weighted by Gasteiger charge is 2.08. The van der Waals surface area contributed by atoms with Crippen LogP contribution in [0.2, 0.25) is 0 Å². The van der Waals surface area contributed by atoms with Crippen molar-refractivity contribution in [2.24, 2.45) is 0 Å². The van der Waals surface area contributed by atoms with E-state index in [4.69, 9.17) is 5.11 Å². The lowest BCUT2D eigenvalue weighted by Gasteiger charge is -2.26. The predicted octanol–water partition coefficient (Wildman–Crippen LogP) is 1.49. The van der Waals surface area contributed by atoms with Crippen molar-refractivity contribution in [2.75, 3.05) is 19.7 Å². The van der Waals surface area contributed by atoms with E-state index in [1.807, 2.05) is 0 Å². The molecular formula is C9H21NO. The summed E-state index contributed by atoms with van der Waals surface area (Å²) in [5.74, 6) is 0. The van der Waals surface area contributed by atoms with Gasteiger partial charge in [-0.15, -0.1) is 0 Å². The fraction of sp³-hybridized carbons (Fsp3) is 1.00. The third-order valence-electron chi connectivity index (χ3n) is 2.12. The summed E-state index contributed by atoms with van der Waals surface area (Å²) in [6, 6.07) is 0.622. The van der Waals surface area contributed by atoms with Crippen molar-refractivity contribution in [2.45, 2.75) is 39.7 Å². The predicted molar refractivity (Wildman–Crippen MR) is 48.7 cm³/mol. The first-order chi connectivity index (χ1) is 5.26. The Morgan fingerprint density at radius 1 is 1.36 bits per heavy atom. The highest BCUT2D eigenvalue weighted by molar-refractivity contribution is 4.64. The molecule has 0 bridgehead atoms. The van der Waals surface area contributed by atoms with Gasteiger partial charge in [-0.25, -0.2) is 0 Å². The minimum absolute atomic E-state index is 0.280. The first-order valence-electron chi connectivity index (χ1n) is 4.61. The topological polar surface area (TPSA) is 23.5 Å². The van der Waals surface area contributed by atoms with Gasteiger partial charge in [-0.1, -0.05) is 20.3 Å². The van der Waals surface area contributed by atoms with Crippen molar-refractivity contribution >= 4 is 0 Å². The fourth-order valence-corrected chi connectivity index (χ4v) is 1.42. The summed E-state index contributed by atoms with van der Waals surface area (Å²) in [5.41, 5.74) is 0. The minimum atomic E-state index is 0.280. The van der Waals surface area contributed by atoms with Crippen molar-refractivity contribution in [3.63, 3.8) is 0 Å². The molecule has 11 heavy (non-hydrogen) atoms. The van der Waals surface area contributed by atoms with E-state index >= 15 is 0 Å². The Morgan fingerprint density at radius 3 is 2.36 bits per heavy atom. The van der Waals surface area contributed by atoms with Crippen LogP contribution in [-0.2, 0) is 0 Å². The molecule has 0 aliphatic carbocycles. The summed E-state index contributed by atoms with van der Waals surface area (Å²) in [6.07, 6.45) is 2.46. The smallest absolute Gasteiger partial charge is 0.0558 e. The Bertz CT molecular complexity index is 85.6. The van der Waals surface area contributed by atoms with Crippen molar-refractivity contribution in [1.82, 2.24) is 4.90 Å². The lowest BCUT2D eigenvalue weighted by Crippen LogP contribution is -2.35. The Balaban J connectivity index is 3.61. The second-order valence-corrected chi connectivity index (χ2v) is 2.99. The van der Waals surface area contributed by atoms with Crippen LogP contribution in [-0.4, -0.2) is 35.7 Å². The Labute approximate surface area is 70.2 Å². The zero-order valence-electron chi connectivity index (χ0n) is 8.01. The molecule has 1 N–H and O–H groups in total. The van der Waals surface area contributed by atoms with Crippen LogP contribution in [0.25, 0.3) is 0 Å². The van der Waals surface area contributed by atoms with Crippen LogP contribution >= 0.6 is 0 Å². The summed E-state index contributed by atoms with van der Waals surface area (Å²) in [5, 5.41) is 8.74. The molecule has 0 radical (unpaired) electrons. The van der Waals surface area contributed by atoms with Crippen LogP contribution in [0.5, 0.6) is 0 Å². The zero-order valence-corrected chi connectivity index (χ0v) is 8.01. The number of rotatable bonds is 6. The van der Waals surface area contributed by atoms with Gasteiger partial charge in [0.25, 0.3) is 0 Å². The molecule has 0 aliphatic rings. The number of hydrogen-bond acceptors (Lipinski definition) is 2. The van der Waals surface area contributed by atoms with E-state index in [1.165, 1.54) is 12.8 Å². The summed E-state index contributed by atoms with van der Waals surface area (Å²) >= 11 is 0. The van der Waals surface area contributed by atoms with E-state index in [0.717, 1.165) is 13.1 Å². The van der Waals surface area contributed by atoms with Gasteiger partial charge in [-0.05, 0) is 19.9 Å². The molecule has 1 unspecified atom stereocenters. The molecule has 2 nitrogen and oxygen atoms in total. The van der Waals surface area contributed by atoms with E-state index in [1.54, 1.807) is 0 Å². The zero-order chi connectivity index (χ0) is 8.69. The monoisotopic (exact) mass is 159 g/mol. The lowest BCUT2D eigenvalue weighted by atomic mass is 10.1. The Morgan fingerprint density at radius 2 is 2.00 bits per heavy atom. The maximum absolute atomic E-state index is 8.74. The van der Waals surface area contributed by atoms with Crippen molar-refractivity contribution in [3.05, 3.63) is 0 Å². The SMILES string of the molecule is CCCC(C)N(CC)CCO. The summed E-state index contributed by atoms with van der Waals surface area (Å²) in [4.78, 5) is 2.31. The van der Waals surface area contributed by atoms with Crippen LogP contribution in [0, 0.1) is 0 Å². The quantitative estimate of drug-likeness (QED) is 0.634. The molecule has 0 heterocycles. The third-order valence-corrected chi connectivity index (χ3v) is 2.12. The Kier molecular flexibility index (Phi) is 6.57. The normalized spacial score (nSPS) is 13.9. The summed E-state index contributed by atoms with van der Waals surface area (Å²) in [7, 11) is 0. The van der Waals surface area contributed by atoms with E-state index in [0.29, 0.717) is 6.04 Å². The standard InChI is InChI=1S/C9H21NO/c1-4-6-9(3)10(5-2)7-8-11/h9,11H,4-8H2,1-3H3. The highest BCUT2D eigenvalue weighted by atomic mass is 16.3. The van der Waals surface area contributed by atoms with Gasteiger partial charge >= 0.3 is 0 Å². The first kappa shape index (κ1) is 10.9. The number of likely N-dealkylation sites (N-methyl/N-ethyl adjacent to an activating group) is 1. The molecule has 0 aromatic rings. The van der Waals surface area contributed by atoms with Gasteiger partial charge in [-0.2, -0.15) is 0 Å². The molecule has 0 aromatic heterocycles. The van der Waals surface area contributed by atoms with Crippen LogP contribution in [0.1, 0.15) is 33.6 Å². The number of aliphatic hydroxyl groups is 1. The molecule has 0 spiro atoms. The molecular weight excluding hydrogens is 138 g/mol. The second kappa shape index (κ2) is 6.62. The van der Waals surface area contributed by atoms with Crippen molar-refractivity contribution in [3.8, 4) is 0 Å². The lowest BCUT2D eigenvalue weighted by molar-refractivity contribution is 0.159. The molecule has 2 heteroatoms. The maximum atomic E-state index is 8.74. The van der Waals surface area contributed by atoms with Gasteiger partial charge in [0.15, 0.2) is 0 Å². The van der Waals surface area contributed by atoms with Crippen LogP contribution < -0.4 is 0 Å². The Hall–Kier alpha value is -0.0800.